The van der Waals surface area contributed by atoms with Crippen LogP contribution in [0.3, 0.4) is 0 Å². The molecule has 0 amide bonds. The summed E-state index contributed by atoms with van der Waals surface area (Å²) in [5.41, 5.74) is 0.725. The van der Waals surface area contributed by atoms with E-state index in [-0.39, 0.29) is 43.9 Å². The van der Waals surface area contributed by atoms with Gasteiger partial charge in [-0.1, -0.05) is 105 Å². The SMILES string of the molecule is C.C.C.CC(C)(C)C1=NCC=CN1.CC(C)(C)C1=NCCCO1.CC(C)(C)C1NC=CC=CN1.CC(C)(C)C1NC=CC=CN1. The molecule has 8 nitrogen and oxygen atoms in total. The molecule has 0 spiro atoms. The van der Waals surface area contributed by atoms with Gasteiger partial charge in [-0.3, -0.25) is 9.98 Å². The summed E-state index contributed by atoms with van der Waals surface area (Å²) in [6.45, 7) is 28.6. The average molecular weight is 632 g/mol. The van der Waals surface area contributed by atoms with E-state index in [0.717, 1.165) is 37.9 Å². The van der Waals surface area contributed by atoms with E-state index in [1.807, 2.05) is 61.4 Å². The lowest BCUT2D eigenvalue weighted by atomic mass is 9.92. The van der Waals surface area contributed by atoms with Crippen LogP contribution < -0.4 is 26.6 Å². The Morgan fingerprint density at radius 1 is 0.600 bits per heavy atom. The second-order valence-electron chi connectivity index (χ2n) is 14.8. The number of allylic oxidation sites excluding steroid dienone is 4. The van der Waals surface area contributed by atoms with Gasteiger partial charge in [-0.25, -0.2) is 0 Å². The fraction of sp³-hybridized carbons (Fsp3) is 0.676. The number of rotatable bonds is 0. The van der Waals surface area contributed by atoms with E-state index in [4.69, 9.17) is 4.74 Å². The third kappa shape index (κ3) is 20.5. The van der Waals surface area contributed by atoms with Gasteiger partial charge in [0.2, 0.25) is 0 Å². The summed E-state index contributed by atoms with van der Waals surface area (Å²) in [5.74, 6) is 1.99. The van der Waals surface area contributed by atoms with Crippen molar-refractivity contribution in [3.63, 3.8) is 0 Å². The van der Waals surface area contributed by atoms with E-state index >= 15 is 0 Å². The highest BCUT2D eigenvalue weighted by atomic mass is 16.5. The molecule has 4 rings (SSSR count). The molecule has 8 heteroatoms. The van der Waals surface area contributed by atoms with Crippen LogP contribution in [0.2, 0.25) is 0 Å². The number of hydrogen-bond donors (Lipinski definition) is 5. The number of nitrogens with zero attached hydrogens (tertiary/aromatic N) is 2. The summed E-state index contributed by atoms with van der Waals surface area (Å²) in [7, 11) is 0. The first-order valence-corrected chi connectivity index (χ1v) is 15.2. The van der Waals surface area contributed by atoms with Crippen molar-refractivity contribution in [2.24, 2.45) is 31.6 Å². The summed E-state index contributed by atoms with van der Waals surface area (Å²) in [6, 6.07) is 0. The third-order valence-electron chi connectivity index (χ3n) is 6.23. The van der Waals surface area contributed by atoms with Crippen LogP contribution in [0.1, 0.15) is 112 Å². The Bertz CT molecular complexity index is 904. The maximum atomic E-state index is 5.39. The molecule has 4 aliphatic rings. The predicted octanol–water partition coefficient (Wildman–Crippen LogP) is 8.47. The number of amidine groups is 1. The Hall–Kier alpha value is -3.16. The van der Waals surface area contributed by atoms with Crippen molar-refractivity contribution in [2.75, 3.05) is 19.7 Å². The van der Waals surface area contributed by atoms with Crippen LogP contribution in [-0.2, 0) is 4.74 Å². The monoisotopic (exact) mass is 632 g/mol. The number of ether oxygens (including phenoxy) is 1. The van der Waals surface area contributed by atoms with Crippen LogP contribution in [0.4, 0.5) is 0 Å². The lowest BCUT2D eigenvalue weighted by Gasteiger charge is -2.30. The average Bonchev–Trinajstić information content (AvgIpc) is 3.36. The minimum absolute atomic E-state index is 0. The molecule has 0 bridgehead atoms. The van der Waals surface area contributed by atoms with Gasteiger partial charge in [-0.2, -0.15) is 0 Å². The van der Waals surface area contributed by atoms with Crippen molar-refractivity contribution in [2.45, 2.75) is 124 Å². The van der Waals surface area contributed by atoms with Gasteiger partial charge in [0.05, 0.1) is 13.2 Å². The van der Waals surface area contributed by atoms with Gasteiger partial charge in [0.1, 0.15) is 18.2 Å². The van der Waals surface area contributed by atoms with Crippen LogP contribution in [0.15, 0.2) is 71.4 Å². The summed E-state index contributed by atoms with van der Waals surface area (Å²) in [5, 5.41) is 16.2. The molecule has 0 fully saturated rings. The van der Waals surface area contributed by atoms with E-state index in [0.29, 0.717) is 12.3 Å². The molecular formula is C37H73N7O. The quantitative estimate of drug-likeness (QED) is 0.184. The smallest absolute Gasteiger partial charge is 0.188 e. The Balaban J connectivity index is -0.000000512. The summed E-state index contributed by atoms with van der Waals surface area (Å²) >= 11 is 0. The van der Waals surface area contributed by atoms with Crippen LogP contribution >= 0.6 is 0 Å². The second kappa shape index (κ2) is 21.6. The van der Waals surface area contributed by atoms with Crippen molar-refractivity contribution in [1.82, 2.24) is 26.6 Å². The van der Waals surface area contributed by atoms with E-state index in [2.05, 4.69) is 120 Å². The van der Waals surface area contributed by atoms with E-state index < -0.39 is 0 Å². The summed E-state index contributed by atoms with van der Waals surface area (Å²) in [4.78, 5) is 8.61. The summed E-state index contributed by atoms with van der Waals surface area (Å²) < 4.78 is 5.39. The first kappa shape index (κ1) is 46.3. The topological polar surface area (TPSA) is 94.1 Å². The largest absolute Gasteiger partial charge is 0.481 e. The highest BCUT2D eigenvalue weighted by Gasteiger charge is 2.24. The fourth-order valence-corrected chi connectivity index (χ4v) is 3.67. The highest BCUT2D eigenvalue weighted by molar-refractivity contribution is 5.88. The standard InChI is InChI=1S/2C9H16N2.C8H14N2.C8H15NO.3CH4/c2*1-9(2,3)8-10-6-4-5-7-11-8;2*1-8(2,3)7-9-5-4-6-10-7;;;/h2*4-8,10-11H,1-3H3;4-5H,6H2,1-3H3,(H,9,10);4-6H2,1-3H3;3*1H4. The second-order valence-corrected chi connectivity index (χ2v) is 14.8. The summed E-state index contributed by atoms with van der Waals surface area (Å²) in [6.07, 6.45) is 21.5. The van der Waals surface area contributed by atoms with Crippen LogP contribution in [0, 0.1) is 21.7 Å². The van der Waals surface area contributed by atoms with Crippen LogP contribution in [-0.4, -0.2) is 43.8 Å². The van der Waals surface area contributed by atoms with Gasteiger partial charge in [0.25, 0.3) is 0 Å². The third-order valence-corrected chi connectivity index (χ3v) is 6.23. The van der Waals surface area contributed by atoms with Crippen molar-refractivity contribution in [3.05, 3.63) is 61.4 Å². The minimum atomic E-state index is 0. The number of aliphatic imine (C=N–C) groups is 2. The zero-order valence-electron chi connectivity index (χ0n) is 28.6. The van der Waals surface area contributed by atoms with Crippen molar-refractivity contribution >= 4 is 11.7 Å². The molecule has 0 radical (unpaired) electrons. The van der Waals surface area contributed by atoms with Gasteiger partial charge in [-0.15, -0.1) is 0 Å². The first-order valence-electron chi connectivity index (χ1n) is 15.2. The first-order chi connectivity index (χ1) is 19.4. The van der Waals surface area contributed by atoms with Gasteiger partial charge < -0.3 is 31.3 Å². The molecule has 0 aromatic carbocycles. The maximum absolute atomic E-state index is 5.39. The van der Waals surface area contributed by atoms with Crippen molar-refractivity contribution < 1.29 is 4.74 Å². The Morgan fingerprint density at radius 2 is 1.02 bits per heavy atom. The van der Waals surface area contributed by atoms with Crippen molar-refractivity contribution in [1.29, 1.82) is 0 Å². The molecule has 0 aliphatic carbocycles. The molecule has 0 aromatic heterocycles. The van der Waals surface area contributed by atoms with Gasteiger partial charge in [-0.05, 0) is 61.4 Å². The molecule has 5 N–H and O–H groups in total. The Kier molecular flexibility index (Phi) is 22.2. The van der Waals surface area contributed by atoms with Gasteiger partial charge in [0, 0.05) is 34.6 Å². The normalized spacial score (nSPS) is 17.6. The molecule has 0 saturated carbocycles. The molecule has 4 heterocycles. The lowest BCUT2D eigenvalue weighted by Crippen LogP contribution is -2.46. The molecule has 45 heavy (non-hydrogen) atoms. The Labute approximate surface area is 279 Å². The van der Waals surface area contributed by atoms with E-state index in [1.54, 1.807) is 0 Å². The van der Waals surface area contributed by atoms with Gasteiger partial charge >= 0.3 is 0 Å². The molecule has 262 valence electrons. The lowest BCUT2D eigenvalue weighted by molar-refractivity contribution is 0.242. The van der Waals surface area contributed by atoms with E-state index in [9.17, 15) is 0 Å². The minimum Gasteiger partial charge on any atom is -0.481 e. The molecule has 0 aromatic rings. The number of nitrogens with one attached hydrogen (secondary N) is 5. The molecule has 4 aliphatic heterocycles. The molecule has 0 saturated heterocycles. The predicted molar refractivity (Wildman–Crippen MR) is 202 cm³/mol. The van der Waals surface area contributed by atoms with Crippen LogP contribution in [0.25, 0.3) is 0 Å². The zero-order chi connectivity index (χ0) is 31.9. The van der Waals surface area contributed by atoms with E-state index in [1.165, 1.54) is 0 Å². The molecule has 0 unspecified atom stereocenters. The molecular weight excluding hydrogens is 558 g/mol. The maximum Gasteiger partial charge on any atom is 0.188 e. The van der Waals surface area contributed by atoms with Crippen molar-refractivity contribution in [3.8, 4) is 0 Å². The van der Waals surface area contributed by atoms with Crippen LogP contribution in [0.5, 0.6) is 0 Å². The number of hydrogen-bond acceptors (Lipinski definition) is 8. The van der Waals surface area contributed by atoms with Gasteiger partial charge in [0.15, 0.2) is 5.90 Å². The Morgan fingerprint density at radius 3 is 1.24 bits per heavy atom. The fourth-order valence-electron chi connectivity index (χ4n) is 3.67. The zero-order valence-corrected chi connectivity index (χ0v) is 28.6. The highest BCUT2D eigenvalue weighted by Crippen LogP contribution is 2.20. The molecule has 0 atom stereocenters.